The highest BCUT2D eigenvalue weighted by Gasteiger charge is 2.26. The van der Waals surface area contributed by atoms with Gasteiger partial charge in [0.25, 0.3) is 0 Å². The summed E-state index contributed by atoms with van der Waals surface area (Å²) < 4.78 is 32.7. The molecular formula is C45H84NO8P. The van der Waals surface area contributed by atoms with Crippen molar-refractivity contribution in [3.63, 3.8) is 0 Å². The lowest BCUT2D eigenvalue weighted by atomic mass is 10.0. The molecule has 0 rings (SSSR count). The van der Waals surface area contributed by atoms with E-state index < -0.39 is 32.5 Å². The number of allylic oxidation sites excluding steroid dienone is 6. The van der Waals surface area contributed by atoms with Gasteiger partial charge in [-0.25, -0.2) is 4.57 Å². The van der Waals surface area contributed by atoms with Crippen LogP contribution < -0.4 is 5.73 Å². The molecule has 9 nitrogen and oxygen atoms in total. The van der Waals surface area contributed by atoms with Crippen LogP contribution in [-0.2, 0) is 32.7 Å². The quantitative estimate of drug-likeness (QED) is 0.0268. The zero-order valence-corrected chi connectivity index (χ0v) is 36.3. The van der Waals surface area contributed by atoms with Crippen LogP contribution in [0.3, 0.4) is 0 Å². The highest BCUT2D eigenvalue weighted by molar-refractivity contribution is 7.47. The molecule has 0 saturated carbocycles. The van der Waals surface area contributed by atoms with Gasteiger partial charge in [0.05, 0.1) is 13.2 Å². The first kappa shape index (κ1) is 53.2. The summed E-state index contributed by atoms with van der Waals surface area (Å²) in [5.74, 6) is -0.887. The van der Waals surface area contributed by atoms with Gasteiger partial charge in [-0.15, -0.1) is 0 Å². The molecule has 0 aliphatic heterocycles. The van der Waals surface area contributed by atoms with Gasteiger partial charge in [0, 0.05) is 19.4 Å². The normalized spacial score (nSPS) is 13.6. The Bertz CT molecular complexity index is 1000. The van der Waals surface area contributed by atoms with Crippen LogP contribution in [0.25, 0.3) is 0 Å². The molecule has 2 atom stereocenters. The summed E-state index contributed by atoms with van der Waals surface area (Å²) in [6, 6.07) is 0. The van der Waals surface area contributed by atoms with Gasteiger partial charge >= 0.3 is 19.8 Å². The Morgan fingerprint density at radius 3 is 1.45 bits per heavy atom. The number of carbonyl (C=O) groups excluding carboxylic acids is 2. The molecular weight excluding hydrogens is 713 g/mol. The van der Waals surface area contributed by atoms with Crippen LogP contribution in [0.5, 0.6) is 0 Å². The van der Waals surface area contributed by atoms with E-state index in [-0.39, 0.29) is 32.6 Å². The molecule has 0 spiro atoms. The van der Waals surface area contributed by atoms with Gasteiger partial charge in [-0.3, -0.25) is 18.6 Å². The van der Waals surface area contributed by atoms with Crippen LogP contribution in [-0.4, -0.2) is 49.3 Å². The molecule has 0 aromatic rings. The van der Waals surface area contributed by atoms with Crippen LogP contribution in [0.2, 0.25) is 0 Å². The highest BCUT2D eigenvalue weighted by atomic mass is 31.2. The Labute approximate surface area is 337 Å². The Morgan fingerprint density at radius 1 is 0.527 bits per heavy atom. The van der Waals surface area contributed by atoms with Crippen molar-refractivity contribution in [2.75, 3.05) is 26.4 Å². The fraction of sp³-hybridized carbons (Fsp3) is 0.822. The van der Waals surface area contributed by atoms with Gasteiger partial charge in [0.15, 0.2) is 6.10 Å². The highest BCUT2D eigenvalue weighted by Crippen LogP contribution is 2.43. The van der Waals surface area contributed by atoms with E-state index in [0.717, 1.165) is 64.2 Å². The smallest absolute Gasteiger partial charge is 0.462 e. The minimum atomic E-state index is -4.38. The number of phosphoric ester groups is 1. The molecule has 0 amide bonds. The van der Waals surface area contributed by atoms with E-state index in [2.05, 4.69) is 50.3 Å². The Morgan fingerprint density at radius 2 is 0.945 bits per heavy atom. The van der Waals surface area contributed by atoms with E-state index in [1.54, 1.807) is 0 Å². The van der Waals surface area contributed by atoms with Crippen LogP contribution in [0.15, 0.2) is 36.5 Å². The first-order valence-electron chi connectivity index (χ1n) is 22.5. The second-order valence-electron chi connectivity index (χ2n) is 14.9. The monoisotopic (exact) mass is 798 g/mol. The SMILES string of the molecule is CCCC/C=C/CCCCCCCC(=O)O[C@@H](COC(=O)CCC/C=C/CC/C=C/CCCCCCCCCCCCCCCC)COP(=O)(O)OCCN. The van der Waals surface area contributed by atoms with Crippen molar-refractivity contribution in [3.05, 3.63) is 36.5 Å². The molecule has 0 radical (unpaired) electrons. The molecule has 0 saturated heterocycles. The van der Waals surface area contributed by atoms with E-state index in [4.69, 9.17) is 24.3 Å². The van der Waals surface area contributed by atoms with Crippen molar-refractivity contribution in [2.45, 2.75) is 213 Å². The van der Waals surface area contributed by atoms with E-state index in [1.165, 1.54) is 103 Å². The number of unbranched alkanes of at least 4 members (excludes halogenated alkanes) is 23. The first-order chi connectivity index (χ1) is 26.8. The molecule has 0 fully saturated rings. The van der Waals surface area contributed by atoms with Crippen molar-refractivity contribution in [1.82, 2.24) is 0 Å². The number of nitrogens with two attached hydrogens (primary N) is 1. The Hall–Kier alpha value is -1.77. The second-order valence-corrected chi connectivity index (χ2v) is 16.4. The molecule has 3 N–H and O–H groups in total. The van der Waals surface area contributed by atoms with Crippen LogP contribution in [0.4, 0.5) is 0 Å². The topological polar surface area (TPSA) is 134 Å². The largest absolute Gasteiger partial charge is 0.472 e. The van der Waals surface area contributed by atoms with E-state index in [9.17, 15) is 19.0 Å². The maximum atomic E-state index is 12.5. The van der Waals surface area contributed by atoms with Crippen molar-refractivity contribution in [2.24, 2.45) is 5.73 Å². The zero-order valence-electron chi connectivity index (χ0n) is 35.4. The number of hydrogen-bond acceptors (Lipinski definition) is 8. The molecule has 1 unspecified atom stereocenters. The minimum Gasteiger partial charge on any atom is -0.462 e. The number of esters is 2. The number of rotatable bonds is 42. The predicted octanol–water partition coefficient (Wildman–Crippen LogP) is 12.9. The second kappa shape index (κ2) is 41.9. The van der Waals surface area contributed by atoms with Gasteiger partial charge < -0.3 is 20.1 Å². The van der Waals surface area contributed by atoms with Gasteiger partial charge in [-0.1, -0.05) is 166 Å². The summed E-state index contributed by atoms with van der Waals surface area (Å²) >= 11 is 0. The number of ether oxygens (including phenoxy) is 2. The molecule has 0 aliphatic rings. The predicted molar refractivity (Wildman–Crippen MR) is 229 cm³/mol. The molecule has 0 aliphatic carbocycles. The lowest BCUT2D eigenvalue weighted by molar-refractivity contribution is -0.161. The average Bonchev–Trinajstić information content (AvgIpc) is 3.17. The lowest BCUT2D eigenvalue weighted by Gasteiger charge is -2.19. The third kappa shape index (κ3) is 41.7. The fourth-order valence-corrected chi connectivity index (χ4v) is 6.87. The molecule has 0 aromatic heterocycles. The molecule has 0 bridgehead atoms. The summed E-state index contributed by atoms with van der Waals surface area (Å²) in [4.78, 5) is 34.8. The molecule has 0 heterocycles. The van der Waals surface area contributed by atoms with E-state index >= 15 is 0 Å². The van der Waals surface area contributed by atoms with Gasteiger partial charge in [-0.05, 0) is 64.2 Å². The van der Waals surface area contributed by atoms with Gasteiger partial charge in [0.2, 0.25) is 0 Å². The maximum absolute atomic E-state index is 12.5. The average molecular weight is 798 g/mol. The molecule has 10 heteroatoms. The summed E-state index contributed by atoms with van der Waals surface area (Å²) in [6.45, 7) is 3.65. The zero-order chi connectivity index (χ0) is 40.3. The van der Waals surface area contributed by atoms with Crippen molar-refractivity contribution >= 4 is 19.8 Å². The lowest BCUT2D eigenvalue weighted by Crippen LogP contribution is -2.29. The molecule has 0 aromatic carbocycles. The Balaban J connectivity index is 4.09. The molecule has 55 heavy (non-hydrogen) atoms. The summed E-state index contributed by atoms with van der Waals surface area (Å²) in [7, 11) is -4.38. The van der Waals surface area contributed by atoms with Crippen molar-refractivity contribution < 1.29 is 37.6 Å². The molecule has 322 valence electrons. The van der Waals surface area contributed by atoms with Crippen LogP contribution in [0.1, 0.15) is 206 Å². The first-order valence-corrected chi connectivity index (χ1v) is 24.0. The summed E-state index contributed by atoms with van der Waals surface area (Å²) in [6.07, 6.45) is 46.3. The Kier molecular flexibility index (Phi) is 40.5. The van der Waals surface area contributed by atoms with Crippen molar-refractivity contribution in [3.8, 4) is 0 Å². The number of phosphoric acid groups is 1. The third-order valence-electron chi connectivity index (χ3n) is 9.48. The third-order valence-corrected chi connectivity index (χ3v) is 10.5. The maximum Gasteiger partial charge on any atom is 0.472 e. The van der Waals surface area contributed by atoms with E-state index in [0.29, 0.717) is 12.8 Å². The van der Waals surface area contributed by atoms with Crippen molar-refractivity contribution in [1.29, 1.82) is 0 Å². The van der Waals surface area contributed by atoms with Gasteiger partial charge in [0.1, 0.15) is 6.61 Å². The van der Waals surface area contributed by atoms with Gasteiger partial charge in [-0.2, -0.15) is 0 Å². The van der Waals surface area contributed by atoms with Crippen LogP contribution in [0, 0.1) is 0 Å². The standard InChI is InChI=1S/C45H84NO8P/c1-3-5-7-9-11-13-15-16-17-18-19-20-21-22-23-24-25-26-28-29-31-33-35-37-44(47)51-41-43(42-53-55(49,50)52-40-39-46)54-45(48)38-36-34-32-30-27-14-12-10-8-6-4-2/h10,12,24-25,29,31,43H,3-9,11,13-23,26-28,30,32-42,46H2,1-2H3,(H,49,50)/b12-10+,25-24+,31-29+/t43-/m0/s1. The fourth-order valence-electron chi connectivity index (χ4n) is 6.11. The van der Waals surface area contributed by atoms with E-state index in [1.807, 2.05) is 0 Å². The number of carbonyl (C=O) groups is 2. The number of hydrogen-bond donors (Lipinski definition) is 2. The summed E-state index contributed by atoms with van der Waals surface area (Å²) in [5.41, 5.74) is 5.34. The minimum absolute atomic E-state index is 0.0470. The summed E-state index contributed by atoms with van der Waals surface area (Å²) in [5, 5.41) is 0. The van der Waals surface area contributed by atoms with Crippen LogP contribution >= 0.6 is 7.82 Å².